The number of aryl methyl sites for hydroxylation is 1. The van der Waals surface area contributed by atoms with E-state index in [9.17, 15) is 19.2 Å². The molecule has 0 bridgehead atoms. The van der Waals surface area contributed by atoms with Crippen LogP contribution in [0.25, 0.3) is 11.0 Å². The SMILES string of the molecule is Cc1cc(=O)oc2cc(NC(=O)[C@H](CCCN=C(N)N)NC(=O)[C@@H](CCCN=C(N)N)NC(=O)OCc3ccccc3)ccc12. The van der Waals surface area contributed by atoms with Gasteiger partial charge in [-0.1, -0.05) is 30.3 Å². The summed E-state index contributed by atoms with van der Waals surface area (Å²) in [6.45, 7) is 2.20. The Kier molecular flexibility index (Phi) is 12.7. The van der Waals surface area contributed by atoms with Crippen molar-refractivity contribution in [1.29, 1.82) is 0 Å². The van der Waals surface area contributed by atoms with E-state index in [2.05, 4.69) is 25.9 Å². The molecule has 0 aliphatic rings. The van der Waals surface area contributed by atoms with Crippen molar-refractivity contribution >= 4 is 46.5 Å². The first-order valence-corrected chi connectivity index (χ1v) is 14.3. The molecule has 3 amide bonds. The minimum Gasteiger partial charge on any atom is -0.445 e. The lowest BCUT2D eigenvalue weighted by atomic mass is 10.1. The Morgan fingerprint density at radius 2 is 1.47 bits per heavy atom. The minimum atomic E-state index is -1.08. The number of ether oxygens (including phenoxy) is 1. The second-order valence-corrected chi connectivity index (χ2v) is 10.2. The zero-order valence-corrected chi connectivity index (χ0v) is 25.0. The molecule has 0 saturated heterocycles. The first-order chi connectivity index (χ1) is 21.5. The number of guanidine groups is 2. The number of hydrogen-bond acceptors (Lipinski definition) is 8. The van der Waals surface area contributed by atoms with Gasteiger partial charge in [0.2, 0.25) is 11.8 Å². The van der Waals surface area contributed by atoms with Gasteiger partial charge in [0.1, 0.15) is 24.3 Å². The Bertz CT molecular complexity index is 1580. The normalized spacial score (nSPS) is 11.9. The molecule has 45 heavy (non-hydrogen) atoms. The van der Waals surface area contributed by atoms with Gasteiger partial charge in [-0.2, -0.15) is 0 Å². The maximum atomic E-state index is 13.5. The molecule has 0 unspecified atom stereocenters. The smallest absolute Gasteiger partial charge is 0.408 e. The molecule has 0 fully saturated rings. The van der Waals surface area contributed by atoms with Crippen molar-refractivity contribution in [2.24, 2.45) is 32.9 Å². The molecule has 0 radical (unpaired) electrons. The lowest BCUT2D eigenvalue weighted by Crippen LogP contribution is -2.52. The van der Waals surface area contributed by atoms with E-state index in [1.165, 1.54) is 12.1 Å². The summed E-state index contributed by atoms with van der Waals surface area (Å²) in [5, 5.41) is 8.75. The highest BCUT2D eigenvalue weighted by atomic mass is 16.5. The number of carbonyl (C=O) groups is 3. The third-order valence-electron chi connectivity index (χ3n) is 6.56. The number of hydrogen-bond donors (Lipinski definition) is 7. The van der Waals surface area contributed by atoms with Crippen LogP contribution in [0.15, 0.2) is 73.8 Å². The average Bonchev–Trinajstić information content (AvgIpc) is 2.99. The first kappa shape index (κ1) is 33.9. The molecule has 0 spiro atoms. The Labute approximate surface area is 259 Å². The molecule has 0 saturated carbocycles. The van der Waals surface area contributed by atoms with E-state index in [1.54, 1.807) is 31.2 Å². The van der Waals surface area contributed by atoms with Gasteiger partial charge < -0.3 is 48.0 Å². The van der Waals surface area contributed by atoms with Crippen LogP contribution in [-0.2, 0) is 20.9 Å². The molecule has 0 aliphatic carbocycles. The van der Waals surface area contributed by atoms with Gasteiger partial charge in [0.15, 0.2) is 11.9 Å². The molecule has 0 aliphatic heterocycles. The van der Waals surface area contributed by atoms with Gasteiger partial charge >= 0.3 is 11.7 Å². The number of nitrogens with one attached hydrogen (secondary N) is 3. The van der Waals surface area contributed by atoms with Gasteiger partial charge in [-0.15, -0.1) is 0 Å². The summed E-state index contributed by atoms with van der Waals surface area (Å²) < 4.78 is 10.6. The van der Waals surface area contributed by atoms with E-state index < -0.39 is 35.6 Å². The summed E-state index contributed by atoms with van der Waals surface area (Å²) in [4.78, 5) is 59.2. The van der Waals surface area contributed by atoms with Crippen LogP contribution in [0.4, 0.5) is 10.5 Å². The van der Waals surface area contributed by atoms with Crippen molar-refractivity contribution in [3.8, 4) is 0 Å². The fraction of sp³-hybridized carbons (Fsp3) is 0.333. The van der Waals surface area contributed by atoms with E-state index >= 15 is 0 Å². The Balaban J connectivity index is 1.75. The van der Waals surface area contributed by atoms with Crippen LogP contribution in [0.1, 0.15) is 36.8 Å². The van der Waals surface area contributed by atoms with Crippen molar-refractivity contribution in [3.63, 3.8) is 0 Å². The zero-order chi connectivity index (χ0) is 32.8. The van der Waals surface area contributed by atoms with Crippen molar-refractivity contribution < 1.29 is 23.5 Å². The molecule has 2 atom stereocenters. The number of nitrogens with zero attached hydrogens (tertiary/aromatic N) is 2. The topological polar surface area (TPSA) is 256 Å². The van der Waals surface area contributed by atoms with Crippen molar-refractivity contribution in [3.05, 3.63) is 76.1 Å². The van der Waals surface area contributed by atoms with Gasteiger partial charge in [-0.05, 0) is 55.9 Å². The predicted octanol–water partition coefficient (Wildman–Crippen LogP) is 0.927. The summed E-state index contributed by atoms with van der Waals surface area (Å²) >= 11 is 0. The summed E-state index contributed by atoms with van der Waals surface area (Å²) in [5.41, 5.74) is 23.2. The molecule has 11 N–H and O–H groups in total. The lowest BCUT2D eigenvalue weighted by Gasteiger charge is -2.23. The molecule has 3 aromatic rings. The standard InChI is InChI=1S/C30H39N9O6/c1-18-15-25(40)45-24-16-20(11-12-21(18)24)37-26(41)22(9-5-13-35-28(31)32)38-27(42)23(10-6-14-36-29(33)34)39-30(43)44-17-19-7-3-2-4-8-19/h2-4,7-8,11-12,15-16,22-23H,5-6,9-10,13-14,17H2,1H3,(H,37,41)(H,38,42)(H,39,43)(H4,31,32,35)(H4,33,34,36)/t22-,23+/m0/s1. The van der Waals surface area contributed by atoms with Gasteiger partial charge in [-0.25, -0.2) is 9.59 Å². The second kappa shape index (κ2) is 16.9. The Morgan fingerprint density at radius 1 is 0.844 bits per heavy atom. The fourth-order valence-corrected chi connectivity index (χ4v) is 4.36. The van der Waals surface area contributed by atoms with E-state index in [4.69, 9.17) is 32.1 Å². The largest absolute Gasteiger partial charge is 0.445 e. The number of amides is 3. The van der Waals surface area contributed by atoms with Crippen LogP contribution in [0.2, 0.25) is 0 Å². The maximum Gasteiger partial charge on any atom is 0.408 e. The molecule has 2 aromatic carbocycles. The van der Waals surface area contributed by atoms with Gasteiger partial charge in [0, 0.05) is 36.3 Å². The number of nitrogens with two attached hydrogens (primary N) is 4. The highest BCUT2D eigenvalue weighted by molar-refractivity contribution is 5.99. The number of rotatable bonds is 15. The molecule has 240 valence electrons. The first-order valence-electron chi connectivity index (χ1n) is 14.3. The lowest BCUT2D eigenvalue weighted by molar-refractivity contribution is -0.128. The number of benzene rings is 2. The van der Waals surface area contributed by atoms with Crippen LogP contribution >= 0.6 is 0 Å². The summed E-state index contributed by atoms with van der Waals surface area (Å²) in [6.07, 6.45) is 0.188. The minimum absolute atomic E-state index is 0.00373. The molecular weight excluding hydrogens is 582 g/mol. The number of anilines is 1. The van der Waals surface area contributed by atoms with E-state index in [0.29, 0.717) is 29.5 Å². The van der Waals surface area contributed by atoms with E-state index in [-0.39, 0.29) is 44.5 Å². The number of carbonyl (C=O) groups excluding carboxylic acids is 3. The van der Waals surface area contributed by atoms with Crippen molar-refractivity contribution in [2.45, 2.75) is 51.3 Å². The third-order valence-corrected chi connectivity index (χ3v) is 6.56. The molecular formula is C30H39N9O6. The van der Waals surface area contributed by atoms with Crippen LogP contribution < -0.4 is 44.5 Å². The van der Waals surface area contributed by atoms with Crippen molar-refractivity contribution in [2.75, 3.05) is 18.4 Å². The van der Waals surface area contributed by atoms with Gasteiger partial charge in [-0.3, -0.25) is 19.6 Å². The summed E-state index contributed by atoms with van der Waals surface area (Å²) in [6, 6.07) is 13.2. The summed E-state index contributed by atoms with van der Waals surface area (Å²) in [7, 11) is 0. The van der Waals surface area contributed by atoms with Gasteiger partial charge in [0.25, 0.3) is 0 Å². The second-order valence-electron chi connectivity index (χ2n) is 10.2. The Hall–Kier alpha value is -5.60. The van der Waals surface area contributed by atoms with E-state index in [1.807, 2.05) is 18.2 Å². The van der Waals surface area contributed by atoms with Crippen LogP contribution in [0.5, 0.6) is 0 Å². The third kappa shape index (κ3) is 11.5. The summed E-state index contributed by atoms with van der Waals surface area (Å²) in [5.74, 6) is -1.38. The Morgan fingerprint density at radius 3 is 2.09 bits per heavy atom. The van der Waals surface area contributed by atoms with Crippen LogP contribution in [0.3, 0.4) is 0 Å². The number of aliphatic imine (C=N–C) groups is 2. The quantitative estimate of drug-likeness (QED) is 0.0546. The van der Waals surface area contributed by atoms with Crippen LogP contribution in [0, 0.1) is 6.92 Å². The molecule has 1 heterocycles. The number of alkyl carbamates (subject to hydrolysis) is 1. The fourth-order valence-electron chi connectivity index (χ4n) is 4.36. The average molecular weight is 622 g/mol. The number of fused-ring (bicyclic) bond motifs is 1. The predicted molar refractivity (Wildman–Crippen MR) is 171 cm³/mol. The van der Waals surface area contributed by atoms with Crippen LogP contribution in [-0.4, -0.2) is 55.0 Å². The molecule has 15 nitrogen and oxygen atoms in total. The monoisotopic (exact) mass is 621 g/mol. The van der Waals surface area contributed by atoms with Gasteiger partial charge in [0.05, 0.1) is 0 Å². The molecule has 3 rings (SSSR count). The maximum absolute atomic E-state index is 13.5. The zero-order valence-electron chi connectivity index (χ0n) is 25.0. The highest BCUT2D eigenvalue weighted by Gasteiger charge is 2.27. The highest BCUT2D eigenvalue weighted by Crippen LogP contribution is 2.21. The van der Waals surface area contributed by atoms with E-state index in [0.717, 1.165) is 11.1 Å². The van der Waals surface area contributed by atoms with Crippen molar-refractivity contribution in [1.82, 2.24) is 10.6 Å². The molecule has 15 heteroatoms. The molecule has 1 aromatic heterocycles.